The third-order valence-corrected chi connectivity index (χ3v) is 6.58. The van der Waals surface area contributed by atoms with E-state index in [9.17, 15) is 13.2 Å². The molecule has 2 fully saturated rings. The van der Waals surface area contributed by atoms with E-state index in [0.717, 1.165) is 19.3 Å². The summed E-state index contributed by atoms with van der Waals surface area (Å²) >= 11 is 0. The zero-order valence-corrected chi connectivity index (χ0v) is 12.5. The Morgan fingerprint density at radius 3 is 2.76 bits per heavy atom. The first kappa shape index (κ1) is 14.3. The van der Waals surface area contributed by atoms with Gasteiger partial charge in [-0.3, -0.25) is 4.79 Å². The predicted molar refractivity (Wildman–Crippen MR) is 76.3 cm³/mol. The quantitative estimate of drug-likeness (QED) is 0.813. The minimum Gasteiger partial charge on any atom is -0.447 e. The number of carbonyl (C=O) groups excluding carboxylic acids is 1. The Balaban J connectivity index is 1.78. The summed E-state index contributed by atoms with van der Waals surface area (Å²) in [6.07, 6.45) is 7.21. The number of nitrogens with zero attached hydrogens (tertiary/aromatic N) is 1. The van der Waals surface area contributed by atoms with Crippen LogP contribution in [0.25, 0.3) is 0 Å². The predicted octanol–water partition coefficient (Wildman–Crippen LogP) is 2.11. The van der Waals surface area contributed by atoms with Crippen molar-refractivity contribution in [2.75, 3.05) is 0 Å². The molecule has 1 aromatic heterocycles. The van der Waals surface area contributed by atoms with Crippen LogP contribution in [0.4, 0.5) is 0 Å². The summed E-state index contributed by atoms with van der Waals surface area (Å²) in [4.78, 5) is 16.1. The van der Waals surface area contributed by atoms with E-state index in [1.54, 1.807) is 6.08 Å². The van der Waals surface area contributed by atoms with Gasteiger partial charge in [0.15, 0.2) is 12.1 Å². The maximum absolute atomic E-state index is 12.3. The van der Waals surface area contributed by atoms with Gasteiger partial charge in [0, 0.05) is 5.92 Å². The molecule has 6 nitrogen and oxygen atoms in total. The van der Waals surface area contributed by atoms with Gasteiger partial charge in [-0.25, -0.2) is 18.1 Å². The van der Waals surface area contributed by atoms with Crippen LogP contribution in [0.2, 0.25) is 0 Å². The fourth-order valence-corrected chi connectivity index (χ4v) is 4.18. The van der Waals surface area contributed by atoms with Crippen molar-refractivity contribution in [3.63, 3.8) is 0 Å². The first-order chi connectivity index (χ1) is 9.99. The van der Waals surface area contributed by atoms with Crippen molar-refractivity contribution in [1.29, 1.82) is 0 Å². The molecule has 2 saturated carbocycles. The Kier molecular flexibility index (Phi) is 3.39. The first-order valence-corrected chi connectivity index (χ1v) is 8.58. The Bertz CT molecular complexity index is 669. The van der Waals surface area contributed by atoms with E-state index in [4.69, 9.17) is 4.42 Å². The molecule has 0 radical (unpaired) electrons. The molecule has 0 unspecified atom stereocenters. The molecule has 1 N–H and O–H groups in total. The molecule has 1 heterocycles. The molecule has 2 aliphatic carbocycles. The topological polar surface area (TPSA) is 89.3 Å². The summed E-state index contributed by atoms with van der Waals surface area (Å²) in [6, 6.07) is 0. The largest absolute Gasteiger partial charge is 0.447 e. The van der Waals surface area contributed by atoms with E-state index in [-0.39, 0.29) is 11.6 Å². The number of nitrogens with one attached hydrogen (secondary N) is 1. The standard InChI is InChI=1S/C14H18N2O4S/c1-2-6-14(7-8-14)21(18,19)16-13(17)11-12(20-9-15-11)10-4-3-5-10/h2,9-10H,1,3-8H2,(H,16,17). The normalized spacial score (nSPS) is 20.6. The minimum atomic E-state index is -3.72. The number of hydrogen-bond acceptors (Lipinski definition) is 5. The first-order valence-electron chi connectivity index (χ1n) is 7.10. The number of sulfonamides is 1. The zero-order chi connectivity index (χ0) is 15.1. The van der Waals surface area contributed by atoms with Crippen molar-refractivity contribution < 1.29 is 17.6 Å². The van der Waals surface area contributed by atoms with E-state index in [0.29, 0.717) is 25.0 Å². The number of oxazole rings is 1. The van der Waals surface area contributed by atoms with Crippen LogP contribution in [0.15, 0.2) is 23.5 Å². The van der Waals surface area contributed by atoms with Crippen molar-refractivity contribution in [2.45, 2.75) is 49.2 Å². The second kappa shape index (κ2) is 4.98. The molecule has 7 heteroatoms. The summed E-state index contributed by atoms with van der Waals surface area (Å²) < 4.78 is 31.2. The highest BCUT2D eigenvalue weighted by Crippen LogP contribution is 2.46. The number of rotatable bonds is 6. The zero-order valence-electron chi connectivity index (χ0n) is 11.7. The average molecular weight is 310 g/mol. The SMILES string of the molecule is C=CCC1(S(=O)(=O)NC(=O)c2ncoc2C2CCC2)CC1. The van der Waals surface area contributed by atoms with Crippen LogP contribution in [0.3, 0.4) is 0 Å². The molecular formula is C14H18N2O4S. The second-order valence-electron chi connectivity index (χ2n) is 5.80. The summed E-state index contributed by atoms with van der Waals surface area (Å²) in [5.74, 6) is -0.0116. The highest BCUT2D eigenvalue weighted by atomic mass is 32.2. The molecule has 0 aromatic carbocycles. The van der Waals surface area contributed by atoms with Crippen molar-refractivity contribution >= 4 is 15.9 Å². The van der Waals surface area contributed by atoms with Crippen LogP contribution in [0.5, 0.6) is 0 Å². The van der Waals surface area contributed by atoms with Crippen LogP contribution in [-0.2, 0) is 10.0 Å². The molecule has 1 amide bonds. The smallest absolute Gasteiger partial charge is 0.286 e. The fourth-order valence-electron chi connectivity index (χ4n) is 2.65. The molecule has 0 saturated heterocycles. The number of carbonyl (C=O) groups is 1. The minimum absolute atomic E-state index is 0.0951. The maximum atomic E-state index is 12.3. The molecule has 21 heavy (non-hydrogen) atoms. The van der Waals surface area contributed by atoms with Crippen LogP contribution in [0.1, 0.15) is 60.7 Å². The van der Waals surface area contributed by atoms with Crippen LogP contribution in [-0.4, -0.2) is 24.1 Å². The fraction of sp³-hybridized carbons (Fsp3) is 0.571. The van der Waals surface area contributed by atoms with Gasteiger partial charge < -0.3 is 4.42 Å². The van der Waals surface area contributed by atoms with Crippen LogP contribution >= 0.6 is 0 Å². The van der Waals surface area contributed by atoms with Crippen molar-refractivity contribution in [1.82, 2.24) is 9.71 Å². The van der Waals surface area contributed by atoms with E-state index >= 15 is 0 Å². The Morgan fingerprint density at radius 2 is 2.24 bits per heavy atom. The summed E-state index contributed by atoms with van der Waals surface area (Å²) in [6.45, 7) is 3.58. The van der Waals surface area contributed by atoms with Gasteiger partial charge >= 0.3 is 0 Å². The third-order valence-electron chi connectivity index (χ3n) is 4.41. The molecule has 3 rings (SSSR count). The van der Waals surface area contributed by atoms with Crippen molar-refractivity contribution in [2.24, 2.45) is 0 Å². The highest BCUT2D eigenvalue weighted by Gasteiger charge is 2.54. The van der Waals surface area contributed by atoms with Gasteiger partial charge in [0.05, 0.1) is 4.75 Å². The second-order valence-corrected chi connectivity index (χ2v) is 7.88. The Labute approximate surface area is 123 Å². The molecular weight excluding hydrogens is 292 g/mol. The van der Waals surface area contributed by atoms with Crippen LogP contribution < -0.4 is 4.72 Å². The van der Waals surface area contributed by atoms with Crippen molar-refractivity contribution in [3.8, 4) is 0 Å². The van der Waals surface area contributed by atoms with E-state index in [1.165, 1.54) is 6.39 Å². The monoisotopic (exact) mass is 310 g/mol. The lowest BCUT2D eigenvalue weighted by molar-refractivity contribution is 0.0973. The summed E-state index contributed by atoms with van der Waals surface area (Å²) in [7, 11) is -3.72. The van der Waals surface area contributed by atoms with E-state index in [1.807, 2.05) is 0 Å². The van der Waals surface area contributed by atoms with E-state index < -0.39 is 20.7 Å². The molecule has 1 aromatic rings. The van der Waals surface area contributed by atoms with Gasteiger partial charge in [-0.1, -0.05) is 12.5 Å². The number of aromatic nitrogens is 1. The van der Waals surface area contributed by atoms with E-state index in [2.05, 4.69) is 16.3 Å². The lowest BCUT2D eigenvalue weighted by Crippen LogP contribution is -2.40. The Hall–Kier alpha value is -1.63. The van der Waals surface area contributed by atoms with Crippen molar-refractivity contribution in [3.05, 3.63) is 30.5 Å². The molecule has 2 aliphatic rings. The van der Waals surface area contributed by atoms with Gasteiger partial charge in [0.2, 0.25) is 10.0 Å². The average Bonchev–Trinajstić information content (AvgIpc) is 2.99. The molecule has 0 atom stereocenters. The lowest BCUT2D eigenvalue weighted by atomic mass is 9.83. The van der Waals surface area contributed by atoms with Crippen LogP contribution in [0, 0.1) is 0 Å². The number of allylic oxidation sites excluding steroid dienone is 1. The highest BCUT2D eigenvalue weighted by molar-refractivity contribution is 7.91. The molecule has 0 aliphatic heterocycles. The van der Waals surface area contributed by atoms with Gasteiger partial charge in [0.1, 0.15) is 5.76 Å². The summed E-state index contributed by atoms with van der Waals surface area (Å²) in [5.41, 5.74) is 0.0951. The maximum Gasteiger partial charge on any atom is 0.286 e. The van der Waals surface area contributed by atoms with Gasteiger partial charge in [-0.2, -0.15) is 0 Å². The molecule has 0 spiro atoms. The number of amides is 1. The number of hydrogen-bond donors (Lipinski definition) is 1. The molecule has 0 bridgehead atoms. The Morgan fingerprint density at radius 1 is 1.52 bits per heavy atom. The van der Waals surface area contributed by atoms with Gasteiger partial charge in [-0.15, -0.1) is 6.58 Å². The third kappa shape index (κ3) is 2.39. The lowest BCUT2D eigenvalue weighted by Gasteiger charge is -2.23. The summed E-state index contributed by atoms with van der Waals surface area (Å²) in [5, 5.41) is 0. The molecule has 114 valence electrons. The van der Waals surface area contributed by atoms with Gasteiger partial charge in [-0.05, 0) is 32.1 Å². The van der Waals surface area contributed by atoms with Gasteiger partial charge in [0.25, 0.3) is 5.91 Å².